The molecule has 1 fully saturated rings. The predicted octanol–water partition coefficient (Wildman–Crippen LogP) is 3.21. The summed E-state index contributed by atoms with van der Waals surface area (Å²) >= 11 is 0. The first kappa shape index (κ1) is 23.3. The van der Waals surface area contributed by atoms with Crippen LogP contribution >= 0.6 is 0 Å². The minimum absolute atomic E-state index is 0.178. The SMILES string of the molecule is CCN(CC)CCOc1cc2c(cc1C)c(=O)c(C(=O)O)cn2C[C@H]1CCCN1CC. The Kier molecular flexibility index (Phi) is 7.73. The third-order valence-corrected chi connectivity index (χ3v) is 6.48. The first-order valence-electron chi connectivity index (χ1n) is 11.4. The maximum Gasteiger partial charge on any atom is 0.341 e. The number of ether oxygens (including phenoxy) is 1. The second-order valence-electron chi connectivity index (χ2n) is 8.26. The van der Waals surface area contributed by atoms with Gasteiger partial charge in [0, 0.05) is 36.8 Å². The number of pyridine rings is 1. The molecule has 7 heteroatoms. The molecule has 0 radical (unpaired) electrons. The zero-order valence-corrected chi connectivity index (χ0v) is 19.2. The van der Waals surface area contributed by atoms with Gasteiger partial charge in [-0.15, -0.1) is 0 Å². The predicted molar refractivity (Wildman–Crippen MR) is 123 cm³/mol. The number of carboxylic acid groups (broad SMARTS) is 1. The van der Waals surface area contributed by atoms with Crippen molar-refractivity contribution in [2.75, 3.05) is 39.3 Å². The van der Waals surface area contributed by atoms with E-state index in [4.69, 9.17) is 4.74 Å². The van der Waals surface area contributed by atoms with Crippen molar-refractivity contribution >= 4 is 16.9 Å². The monoisotopic (exact) mass is 429 g/mol. The number of aromatic nitrogens is 1. The summed E-state index contributed by atoms with van der Waals surface area (Å²) in [6, 6.07) is 4.02. The zero-order valence-electron chi connectivity index (χ0n) is 19.2. The quantitative estimate of drug-likeness (QED) is 0.625. The van der Waals surface area contributed by atoms with E-state index >= 15 is 0 Å². The van der Waals surface area contributed by atoms with E-state index in [0.29, 0.717) is 24.6 Å². The Morgan fingerprint density at radius 2 is 2.00 bits per heavy atom. The number of hydrogen-bond donors (Lipinski definition) is 1. The molecule has 0 saturated carbocycles. The molecule has 7 nitrogen and oxygen atoms in total. The van der Waals surface area contributed by atoms with Crippen molar-refractivity contribution in [3.8, 4) is 5.75 Å². The number of carboxylic acids is 1. The summed E-state index contributed by atoms with van der Waals surface area (Å²) in [6.07, 6.45) is 3.72. The highest BCUT2D eigenvalue weighted by atomic mass is 16.5. The van der Waals surface area contributed by atoms with Crippen LogP contribution in [-0.4, -0.2) is 70.8 Å². The van der Waals surface area contributed by atoms with Crippen LogP contribution in [0.3, 0.4) is 0 Å². The average molecular weight is 430 g/mol. The number of carbonyl (C=O) groups is 1. The molecular formula is C24H35N3O4. The summed E-state index contributed by atoms with van der Waals surface area (Å²) in [6.45, 7) is 14.4. The number of likely N-dealkylation sites (N-methyl/N-ethyl adjacent to an activating group) is 2. The van der Waals surface area contributed by atoms with E-state index < -0.39 is 11.4 Å². The maximum absolute atomic E-state index is 12.9. The van der Waals surface area contributed by atoms with Crippen LogP contribution in [0.1, 0.15) is 49.5 Å². The first-order chi connectivity index (χ1) is 14.9. The fraction of sp³-hybridized carbons (Fsp3) is 0.583. The van der Waals surface area contributed by atoms with E-state index in [1.165, 1.54) is 6.20 Å². The van der Waals surface area contributed by atoms with Crippen LogP contribution in [0.4, 0.5) is 0 Å². The van der Waals surface area contributed by atoms with Gasteiger partial charge in [-0.2, -0.15) is 0 Å². The van der Waals surface area contributed by atoms with Crippen molar-refractivity contribution in [2.24, 2.45) is 0 Å². The van der Waals surface area contributed by atoms with Gasteiger partial charge in [-0.3, -0.25) is 9.69 Å². The molecule has 1 N–H and O–H groups in total. The molecule has 1 aromatic heterocycles. The molecule has 1 atom stereocenters. The molecule has 1 aliphatic heterocycles. The average Bonchev–Trinajstić information content (AvgIpc) is 3.20. The van der Waals surface area contributed by atoms with E-state index in [-0.39, 0.29) is 5.56 Å². The van der Waals surface area contributed by atoms with Crippen LogP contribution in [0, 0.1) is 6.92 Å². The lowest BCUT2D eigenvalue weighted by Crippen LogP contribution is -2.33. The van der Waals surface area contributed by atoms with Crippen LogP contribution in [0.25, 0.3) is 10.9 Å². The number of rotatable bonds is 10. The Morgan fingerprint density at radius 1 is 1.26 bits per heavy atom. The van der Waals surface area contributed by atoms with E-state index in [9.17, 15) is 14.7 Å². The topological polar surface area (TPSA) is 75.0 Å². The Labute approximate surface area is 184 Å². The van der Waals surface area contributed by atoms with Crippen LogP contribution in [-0.2, 0) is 6.54 Å². The van der Waals surface area contributed by atoms with Crippen molar-refractivity contribution < 1.29 is 14.6 Å². The molecule has 1 saturated heterocycles. The van der Waals surface area contributed by atoms with Gasteiger partial charge < -0.3 is 19.3 Å². The van der Waals surface area contributed by atoms with E-state index in [0.717, 1.165) is 62.4 Å². The molecule has 0 amide bonds. The van der Waals surface area contributed by atoms with Gasteiger partial charge in [0.25, 0.3) is 0 Å². The van der Waals surface area contributed by atoms with Crippen molar-refractivity contribution in [2.45, 2.75) is 53.1 Å². The van der Waals surface area contributed by atoms with Crippen LogP contribution < -0.4 is 10.2 Å². The number of aryl methyl sites for hydroxylation is 1. The first-order valence-corrected chi connectivity index (χ1v) is 11.4. The highest BCUT2D eigenvalue weighted by Gasteiger charge is 2.25. The normalized spacial score (nSPS) is 17.0. The number of nitrogens with zero attached hydrogens (tertiary/aromatic N) is 3. The van der Waals surface area contributed by atoms with Gasteiger partial charge in [0.1, 0.15) is 17.9 Å². The molecule has 2 aromatic rings. The molecule has 0 bridgehead atoms. The largest absolute Gasteiger partial charge is 0.492 e. The van der Waals surface area contributed by atoms with E-state index in [2.05, 4.69) is 30.6 Å². The Bertz CT molecular complexity index is 981. The fourth-order valence-electron chi connectivity index (χ4n) is 4.55. The molecule has 1 aliphatic rings. The van der Waals surface area contributed by atoms with Gasteiger partial charge in [0.15, 0.2) is 0 Å². The summed E-state index contributed by atoms with van der Waals surface area (Å²) in [5, 5.41) is 10.0. The Morgan fingerprint density at radius 3 is 2.65 bits per heavy atom. The smallest absolute Gasteiger partial charge is 0.341 e. The number of fused-ring (bicyclic) bond motifs is 1. The number of benzene rings is 1. The lowest BCUT2D eigenvalue weighted by molar-refractivity contribution is 0.0694. The highest BCUT2D eigenvalue weighted by Crippen LogP contribution is 2.26. The van der Waals surface area contributed by atoms with E-state index in [1.54, 1.807) is 6.07 Å². The molecule has 2 heterocycles. The van der Waals surface area contributed by atoms with Crippen LogP contribution in [0.2, 0.25) is 0 Å². The van der Waals surface area contributed by atoms with Crippen LogP contribution in [0.5, 0.6) is 5.75 Å². The number of hydrogen-bond acceptors (Lipinski definition) is 5. The Balaban J connectivity index is 2.00. The van der Waals surface area contributed by atoms with Crippen molar-refractivity contribution in [1.82, 2.24) is 14.4 Å². The summed E-state index contributed by atoms with van der Waals surface area (Å²) in [4.78, 5) is 29.3. The fourth-order valence-corrected chi connectivity index (χ4v) is 4.55. The summed E-state index contributed by atoms with van der Waals surface area (Å²) in [7, 11) is 0. The molecular weight excluding hydrogens is 394 g/mol. The van der Waals surface area contributed by atoms with Gasteiger partial charge in [0.2, 0.25) is 5.43 Å². The molecule has 31 heavy (non-hydrogen) atoms. The third-order valence-electron chi connectivity index (χ3n) is 6.48. The van der Waals surface area contributed by atoms with Gasteiger partial charge in [-0.1, -0.05) is 20.8 Å². The molecule has 170 valence electrons. The lowest BCUT2D eigenvalue weighted by atomic mass is 10.1. The molecule has 0 spiro atoms. The third kappa shape index (κ3) is 5.10. The second-order valence-corrected chi connectivity index (χ2v) is 8.26. The number of aromatic carboxylic acids is 1. The van der Waals surface area contributed by atoms with E-state index in [1.807, 2.05) is 17.6 Å². The molecule has 0 unspecified atom stereocenters. The Hall–Kier alpha value is -2.38. The summed E-state index contributed by atoms with van der Waals surface area (Å²) < 4.78 is 8.02. The summed E-state index contributed by atoms with van der Waals surface area (Å²) in [5.74, 6) is -0.439. The minimum atomic E-state index is -1.18. The summed E-state index contributed by atoms with van der Waals surface area (Å²) in [5.41, 5.74) is 0.967. The highest BCUT2D eigenvalue weighted by molar-refractivity contribution is 5.93. The minimum Gasteiger partial charge on any atom is -0.492 e. The van der Waals surface area contributed by atoms with Crippen molar-refractivity contribution in [3.63, 3.8) is 0 Å². The lowest BCUT2D eigenvalue weighted by Gasteiger charge is -2.25. The standard InChI is InChI=1S/C24H35N3O4/c1-5-25(6-2)11-12-31-22-14-21-19(13-17(22)4)23(28)20(24(29)30)16-27(21)15-18-9-8-10-26(18)7-3/h13-14,16,18H,5-12,15H2,1-4H3,(H,29,30)/t18-/m1/s1. The molecule has 1 aromatic carbocycles. The molecule has 0 aliphatic carbocycles. The molecule has 3 rings (SSSR count). The van der Waals surface area contributed by atoms with Gasteiger partial charge >= 0.3 is 5.97 Å². The second kappa shape index (κ2) is 10.3. The van der Waals surface area contributed by atoms with Crippen molar-refractivity contribution in [3.05, 3.63) is 39.7 Å². The van der Waals surface area contributed by atoms with Crippen molar-refractivity contribution in [1.29, 1.82) is 0 Å². The van der Waals surface area contributed by atoms with Gasteiger partial charge in [0.05, 0.1) is 5.52 Å². The van der Waals surface area contributed by atoms with Gasteiger partial charge in [-0.25, -0.2) is 4.79 Å². The van der Waals surface area contributed by atoms with Gasteiger partial charge in [-0.05, 0) is 57.6 Å². The zero-order chi connectivity index (χ0) is 22.5. The number of likely N-dealkylation sites (tertiary alicyclic amines) is 1. The maximum atomic E-state index is 12.9. The van der Waals surface area contributed by atoms with Crippen LogP contribution in [0.15, 0.2) is 23.1 Å².